The largest absolute Gasteiger partial charge is 0.493 e. The third-order valence-corrected chi connectivity index (χ3v) is 3.41. The number of ether oxygens (including phenoxy) is 2. The van der Waals surface area contributed by atoms with Crippen LogP contribution in [0, 0.1) is 5.92 Å². The van der Waals surface area contributed by atoms with Gasteiger partial charge in [0.15, 0.2) is 11.5 Å². The van der Waals surface area contributed by atoms with Gasteiger partial charge in [-0.05, 0) is 43.5 Å². The number of hydrogen-bond donors (Lipinski definition) is 2. The number of nitrogens with one attached hydrogen (secondary N) is 1. The van der Waals surface area contributed by atoms with E-state index in [1.165, 1.54) is 0 Å². The Kier molecular flexibility index (Phi) is 6.82. The second kappa shape index (κ2) is 8.12. The second-order valence-electron chi connectivity index (χ2n) is 5.48. The molecule has 20 heavy (non-hydrogen) atoms. The van der Waals surface area contributed by atoms with Crippen LogP contribution in [0.3, 0.4) is 0 Å². The monoisotopic (exact) mass is 281 g/mol. The normalized spacial score (nSPS) is 14.2. The summed E-state index contributed by atoms with van der Waals surface area (Å²) < 4.78 is 10.5. The first kappa shape index (κ1) is 16.8. The molecular weight excluding hydrogens is 254 g/mol. The zero-order chi connectivity index (χ0) is 15.1. The number of rotatable bonds is 8. The Morgan fingerprint density at radius 3 is 2.30 bits per heavy atom. The fourth-order valence-electron chi connectivity index (χ4n) is 2.04. The van der Waals surface area contributed by atoms with E-state index in [4.69, 9.17) is 9.47 Å². The van der Waals surface area contributed by atoms with Crippen LogP contribution in [0.15, 0.2) is 18.2 Å². The molecule has 0 bridgehead atoms. The van der Waals surface area contributed by atoms with Crippen LogP contribution in [0.4, 0.5) is 0 Å². The molecular formula is C16H27NO3. The van der Waals surface area contributed by atoms with Gasteiger partial charge in [0.1, 0.15) is 0 Å². The number of methoxy groups -OCH3 is 2. The van der Waals surface area contributed by atoms with E-state index in [1.807, 2.05) is 25.1 Å². The third kappa shape index (κ3) is 4.69. The molecule has 2 atom stereocenters. The van der Waals surface area contributed by atoms with E-state index in [2.05, 4.69) is 19.2 Å². The van der Waals surface area contributed by atoms with E-state index in [9.17, 15) is 5.11 Å². The quantitative estimate of drug-likeness (QED) is 0.769. The van der Waals surface area contributed by atoms with Crippen LogP contribution in [0.5, 0.6) is 11.5 Å². The van der Waals surface area contributed by atoms with Gasteiger partial charge in [0.25, 0.3) is 0 Å². The highest BCUT2D eigenvalue weighted by molar-refractivity contribution is 5.43. The van der Waals surface area contributed by atoms with Crippen molar-refractivity contribution in [3.8, 4) is 11.5 Å². The van der Waals surface area contributed by atoms with E-state index in [-0.39, 0.29) is 6.04 Å². The van der Waals surface area contributed by atoms with Gasteiger partial charge < -0.3 is 19.9 Å². The van der Waals surface area contributed by atoms with Crippen molar-refractivity contribution < 1.29 is 14.6 Å². The van der Waals surface area contributed by atoms with Crippen LogP contribution in [0.1, 0.15) is 38.9 Å². The maximum Gasteiger partial charge on any atom is 0.161 e. The van der Waals surface area contributed by atoms with E-state index < -0.39 is 6.10 Å². The van der Waals surface area contributed by atoms with Crippen molar-refractivity contribution in [1.29, 1.82) is 0 Å². The van der Waals surface area contributed by atoms with Gasteiger partial charge in [0.05, 0.1) is 20.3 Å². The van der Waals surface area contributed by atoms with Gasteiger partial charge in [0, 0.05) is 6.04 Å². The minimum atomic E-state index is -0.568. The molecule has 0 fully saturated rings. The number of benzene rings is 1. The fraction of sp³-hybridized carbons (Fsp3) is 0.625. The standard InChI is InChI=1S/C16H27NO3/c1-11(2)8-9-17-12(3)16(18)13-6-7-14(19-4)15(10-13)20-5/h6-7,10-12,16-18H,8-9H2,1-5H3. The molecule has 0 heterocycles. The lowest BCUT2D eigenvalue weighted by molar-refractivity contribution is 0.135. The Balaban J connectivity index is 2.68. The van der Waals surface area contributed by atoms with Crippen molar-refractivity contribution in [2.24, 2.45) is 5.92 Å². The molecule has 1 rings (SSSR count). The molecule has 1 aromatic rings. The SMILES string of the molecule is COc1ccc(C(O)C(C)NCCC(C)C)cc1OC. The lowest BCUT2D eigenvalue weighted by atomic mass is 10.0. The Morgan fingerprint density at radius 2 is 1.75 bits per heavy atom. The molecule has 0 saturated heterocycles. The highest BCUT2D eigenvalue weighted by atomic mass is 16.5. The maximum atomic E-state index is 10.4. The first-order valence-corrected chi connectivity index (χ1v) is 7.13. The van der Waals surface area contributed by atoms with Crippen LogP contribution >= 0.6 is 0 Å². The lowest BCUT2D eigenvalue weighted by Crippen LogP contribution is -2.33. The zero-order valence-electron chi connectivity index (χ0n) is 13.1. The lowest BCUT2D eigenvalue weighted by Gasteiger charge is -2.22. The first-order chi connectivity index (χ1) is 9.49. The molecule has 0 amide bonds. The van der Waals surface area contributed by atoms with E-state index in [0.29, 0.717) is 17.4 Å². The molecule has 0 spiro atoms. The van der Waals surface area contributed by atoms with Crippen molar-refractivity contribution in [2.75, 3.05) is 20.8 Å². The summed E-state index contributed by atoms with van der Waals surface area (Å²) >= 11 is 0. The smallest absolute Gasteiger partial charge is 0.161 e. The summed E-state index contributed by atoms with van der Waals surface area (Å²) in [5.41, 5.74) is 0.826. The molecule has 0 radical (unpaired) electrons. The molecule has 2 unspecified atom stereocenters. The summed E-state index contributed by atoms with van der Waals surface area (Å²) in [5.74, 6) is 1.97. The molecule has 0 aliphatic rings. The summed E-state index contributed by atoms with van der Waals surface area (Å²) in [6.45, 7) is 7.28. The first-order valence-electron chi connectivity index (χ1n) is 7.13. The fourth-order valence-corrected chi connectivity index (χ4v) is 2.04. The van der Waals surface area contributed by atoms with Crippen molar-refractivity contribution >= 4 is 0 Å². The summed E-state index contributed by atoms with van der Waals surface area (Å²) in [6.07, 6.45) is 0.533. The number of hydrogen-bond acceptors (Lipinski definition) is 4. The Hall–Kier alpha value is -1.26. The highest BCUT2D eigenvalue weighted by Gasteiger charge is 2.17. The van der Waals surface area contributed by atoms with Gasteiger partial charge >= 0.3 is 0 Å². The molecule has 2 N–H and O–H groups in total. The third-order valence-electron chi connectivity index (χ3n) is 3.41. The summed E-state index contributed by atoms with van der Waals surface area (Å²) in [7, 11) is 3.20. The average molecular weight is 281 g/mol. The van der Waals surface area contributed by atoms with Crippen LogP contribution in [0.25, 0.3) is 0 Å². The predicted octanol–water partition coefficient (Wildman–Crippen LogP) is 2.76. The zero-order valence-corrected chi connectivity index (χ0v) is 13.1. The minimum Gasteiger partial charge on any atom is -0.493 e. The molecule has 0 saturated carbocycles. The Bertz CT molecular complexity index is 407. The van der Waals surface area contributed by atoms with Crippen LogP contribution < -0.4 is 14.8 Å². The Morgan fingerprint density at radius 1 is 1.10 bits per heavy atom. The molecule has 1 aromatic carbocycles. The van der Waals surface area contributed by atoms with Crippen molar-refractivity contribution in [3.05, 3.63) is 23.8 Å². The predicted molar refractivity (Wildman–Crippen MR) is 81.4 cm³/mol. The van der Waals surface area contributed by atoms with E-state index in [1.54, 1.807) is 14.2 Å². The van der Waals surface area contributed by atoms with Crippen LogP contribution in [-0.2, 0) is 0 Å². The van der Waals surface area contributed by atoms with Crippen molar-refractivity contribution in [1.82, 2.24) is 5.32 Å². The van der Waals surface area contributed by atoms with Crippen molar-refractivity contribution in [3.63, 3.8) is 0 Å². The maximum absolute atomic E-state index is 10.4. The minimum absolute atomic E-state index is 0.00755. The summed E-state index contributed by atoms with van der Waals surface area (Å²) in [6, 6.07) is 5.50. The van der Waals surface area contributed by atoms with Crippen LogP contribution in [-0.4, -0.2) is 31.9 Å². The topological polar surface area (TPSA) is 50.7 Å². The molecule has 0 aromatic heterocycles. The molecule has 0 aliphatic carbocycles. The molecule has 4 nitrogen and oxygen atoms in total. The van der Waals surface area contributed by atoms with Crippen LogP contribution in [0.2, 0.25) is 0 Å². The molecule has 114 valence electrons. The van der Waals surface area contributed by atoms with Crippen molar-refractivity contribution in [2.45, 2.75) is 39.3 Å². The average Bonchev–Trinajstić information content (AvgIpc) is 2.45. The van der Waals surface area contributed by atoms with Gasteiger partial charge in [-0.2, -0.15) is 0 Å². The van der Waals surface area contributed by atoms with Gasteiger partial charge in [-0.15, -0.1) is 0 Å². The summed E-state index contributed by atoms with van der Waals surface area (Å²) in [4.78, 5) is 0. The summed E-state index contributed by atoms with van der Waals surface area (Å²) in [5, 5.41) is 13.7. The molecule has 0 aliphatic heterocycles. The van der Waals surface area contributed by atoms with E-state index >= 15 is 0 Å². The van der Waals surface area contributed by atoms with E-state index in [0.717, 1.165) is 18.5 Å². The van der Waals surface area contributed by atoms with Gasteiger partial charge in [-0.3, -0.25) is 0 Å². The molecule has 4 heteroatoms. The Labute approximate surface area is 122 Å². The van der Waals surface area contributed by atoms with Gasteiger partial charge in [0.2, 0.25) is 0 Å². The number of aliphatic hydroxyl groups is 1. The van der Waals surface area contributed by atoms with Gasteiger partial charge in [-0.25, -0.2) is 0 Å². The van der Waals surface area contributed by atoms with Gasteiger partial charge in [-0.1, -0.05) is 19.9 Å². The highest BCUT2D eigenvalue weighted by Crippen LogP contribution is 2.30. The second-order valence-corrected chi connectivity index (χ2v) is 5.48. The number of aliphatic hydroxyl groups excluding tert-OH is 1.